The topological polar surface area (TPSA) is 107 Å². The van der Waals surface area contributed by atoms with Crippen molar-refractivity contribution in [3.63, 3.8) is 0 Å². The Balaban J connectivity index is 1.94. The first-order valence-electron chi connectivity index (χ1n) is 6.09. The van der Waals surface area contributed by atoms with Crippen LogP contribution in [0.15, 0.2) is 22.5 Å². The third-order valence-electron chi connectivity index (χ3n) is 2.41. The van der Waals surface area contributed by atoms with Gasteiger partial charge in [0, 0.05) is 10.9 Å². The van der Waals surface area contributed by atoms with Crippen molar-refractivity contribution in [2.75, 3.05) is 10.6 Å². The summed E-state index contributed by atoms with van der Waals surface area (Å²) in [6, 6.07) is 4.12. The number of hydrogen-bond donors (Lipinski definition) is 2. The molecule has 122 valence electrons. The summed E-state index contributed by atoms with van der Waals surface area (Å²) in [4.78, 5) is 22.5. The van der Waals surface area contributed by atoms with E-state index in [1.807, 2.05) is 0 Å². The van der Waals surface area contributed by atoms with Crippen LogP contribution in [0, 0.1) is 0 Å². The number of carbonyl (C=O) groups is 2. The van der Waals surface area contributed by atoms with Gasteiger partial charge >= 0.3 is 6.03 Å². The highest BCUT2D eigenvalue weighted by Gasteiger charge is 2.12. The highest BCUT2D eigenvalue weighted by molar-refractivity contribution is 8.02. The summed E-state index contributed by atoms with van der Waals surface area (Å²) >= 11 is 13.7. The second-order valence-corrected chi connectivity index (χ2v) is 7.54. The minimum atomic E-state index is -1.20. The molecule has 0 spiro atoms. The number of aliphatic carboxylic acids is 1. The van der Waals surface area contributed by atoms with Crippen LogP contribution < -0.4 is 15.7 Å². The summed E-state index contributed by atoms with van der Waals surface area (Å²) in [7, 11) is 0. The molecular formula is C12H9Cl2N4O3S2-. The quantitative estimate of drug-likeness (QED) is 0.599. The molecule has 1 heterocycles. The zero-order valence-electron chi connectivity index (χ0n) is 11.5. The average molecular weight is 392 g/mol. The van der Waals surface area contributed by atoms with Crippen molar-refractivity contribution in [3.8, 4) is 0 Å². The highest BCUT2D eigenvalue weighted by atomic mass is 35.5. The summed E-state index contributed by atoms with van der Waals surface area (Å²) in [5, 5.41) is 23.4. The zero-order chi connectivity index (χ0) is 17.0. The van der Waals surface area contributed by atoms with E-state index in [1.165, 1.54) is 13.0 Å². The second-order valence-electron chi connectivity index (χ2n) is 4.16. The molecule has 7 nitrogen and oxygen atoms in total. The van der Waals surface area contributed by atoms with E-state index in [1.54, 1.807) is 12.1 Å². The third-order valence-corrected chi connectivity index (χ3v) is 5.15. The van der Waals surface area contributed by atoms with Gasteiger partial charge in [-0.25, -0.2) is 4.79 Å². The molecule has 23 heavy (non-hydrogen) atoms. The first kappa shape index (κ1) is 17.8. The number of carboxylic acid groups (broad SMARTS) is 1. The van der Waals surface area contributed by atoms with Crippen LogP contribution in [-0.4, -0.2) is 27.4 Å². The normalized spacial score (nSPS) is 11.8. The van der Waals surface area contributed by atoms with Gasteiger partial charge in [-0.15, -0.1) is 10.2 Å². The Morgan fingerprint density at radius 3 is 2.65 bits per heavy atom. The minimum Gasteiger partial charge on any atom is -0.549 e. The number of aromatic nitrogens is 2. The lowest BCUT2D eigenvalue weighted by molar-refractivity contribution is -0.304. The molecule has 0 saturated carbocycles. The summed E-state index contributed by atoms with van der Waals surface area (Å²) in [5.41, 5.74) is 0.460. The summed E-state index contributed by atoms with van der Waals surface area (Å²) in [6.07, 6.45) is 0. The number of benzene rings is 1. The largest absolute Gasteiger partial charge is 0.549 e. The minimum absolute atomic E-state index is 0.232. The predicted molar refractivity (Wildman–Crippen MR) is 89.3 cm³/mol. The maximum Gasteiger partial charge on any atom is 0.325 e. The van der Waals surface area contributed by atoms with Gasteiger partial charge in [0.05, 0.1) is 16.0 Å². The Bertz CT molecular complexity index is 741. The summed E-state index contributed by atoms with van der Waals surface area (Å²) < 4.78 is 0.409. The standard InChI is InChI=1S/C12H10Cl2N4O3S2/c1-5(9(19)20)22-12-18-17-11(23-12)16-10(21)15-6-2-3-7(13)8(14)4-6/h2-5H,1H3,(H,19,20)(H2,15,16,17,21)/p-1/t5-/m1/s1. The van der Waals surface area contributed by atoms with Crippen molar-refractivity contribution in [2.24, 2.45) is 0 Å². The molecule has 0 unspecified atom stereocenters. The molecule has 2 N–H and O–H groups in total. The Labute approximate surface area is 149 Å². The number of halogens is 2. The van der Waals surface area contributed by atoms with Gasteiger partial charge in [0.1, 0.15) is 0 Å². The molecule has 0 fully saturated rings. The fraction of sp³-hybridized carbons (Fsp3) is 0.167. The Morgan fingerprint density at radius 2 is 2.00 bits per heavy atom. The average Bonchev–Trinajstić information content (AvgIpc) is 2.89. The fourth-order valence-corrected chi connectivity index (χ4v) is 3.46. The number of thioether (sulfide) groups is 1. The van der Waals surface area contributed by atoms with Gasteiger partial charge in [0.25, 0.3) is 0 Å². The summed E-state index contributed by atoms with van der Waals surface area (Å²) in [6.45, 7) is 1.48. The molecule has 0 aliphatic carbocycles. The SMILES string of the molecule is C[C@@H](Sc1nnc(NC(=O)Nc2ccc(Cl)c(Cl)c2)s1)C(=O)[O-]. The number of hydrogen-bond acceptors (Lipinski definition) is 7. The first-order chi connectivity index (χ1) is 10.8. The van der Waals surface area contributed by atoms with E-state index in [0.29, 0.717) is 20.1 Å². The van der Waals surface area contributed by atoms with Crippen LogP contribution in [0.2, 0.25) is 10.0 Å². The van der Waals surface area contributed by atoms with E-state index in [2.05, 4.69) is 20.8 Å². The van der Waals surface area contributed by atoms with E-state index >= 15 is 0 Å². The number of urea groups is 1. The van der Waals surface area contributed by atoms with Crippen LogP contribution in [0.4, 0.5) is 15.6 Å². The number of anilines is 2. The van der Waals surface area contributed by atoms with Crippen LogP contribution in [0.3, 0.4) is 0 Å². The number of rotatable bonds is 5. The third kappa shape index (κ3) is 5.24. The van der Waals surface area contributed by atoms with Crippen molar-refractivity contribution in [3.05, 3.63) is 28.2 Å². The van der Waals surface area contributed by atoms with Crippen LogP contribution in [0.1, 0.15) is 6.92 Å². The summed E-state index contributed by atoms with van der Waals surface area (Å²) in [5.74, 6) is -1.20. The second kappa shape index (κ2) is 7.82. The number of carbonyl (C=O) groups excluding carboxylic acids is 2. The van der Waals surface area contributed by atoms with E-state index in [9.17, 15) is 14.7 Å². The molecular weight excluding hydrogens is 383 g/mol. The van der Waals surface area contributed by atoms with E-state index < -0.39 is 17.3 Å². The molecule has 2 aromatic rings. The number of nitrogens with one attached hydrogen (secondary N) is 2. The molecule has 2 amide bonds. The van der Waals surface area contributed by atoms with Gasteiger partial charge in [-0.3, -0.25) is 5.32 Å². The lowest BCUT2D eigenvalue weighted by Crippen LogP contribution is -2.31. The van der Waals surface area contributed by atoms with Gasteiger partial charge in [0.2, 0.25) is 5.13 Å². The van der Waals surface area contributed by atoms with E-state index in [0.717, 1.165) is 23.1 Å². The van der Waals surface area contributed by atoms with Gasteiger partial charge in [0.15, 0.2) is 4.34 Å². The monoisotopic (exact) mass is 391 g/mol. The van der Waals surface area contributed by atoms with Crippen LogP contribution in [0.5, 0.6) is 0 Å². The zero-order valence-corrected chi connectivity index (χ0v) is 14.6. The fourth-order valence-electron chi connectivity index (χ4n) is 1.34. The smallest absolute Gasteiger partial charge is 0.325 e. The lowest BCUT2D eigenvalue weighted by atomic mass is 10.3. The van der Waals surface area contributed by atoms with Crippen molar-refractivity contribution in [1.82, 2.24) is 10.2 Å². The number of carboxylic acids is 1. The van der Waals surface area contributed by atoms with Gasteiger partial charge < -0.3 is 15.2 Å². The highest BCUT2D eigenvalue weighted by Crippen LogP contribution is 2.29. The van der Waals surface area contributed by atoms with Crippen LogP contribution in [0.25, 0.3) is 0 Å². The molecule has 1 aromatic heterocycles. The molecule has 2 rings (SSSR count). The lowest BCUT2D eigenvalue weighted by Gasteiger charge is -2.08. The molecule has 0 radical (unpaired) electrons. The van der Waals surface area contributed by atoms with Crippen LogP contribution in [-0.2, 0) is 4.79 Å². The van der Waals surface area contributed by atoms with Gasteiger partial charge in [-0.2, -0.15) is 0 Å². The van der Waals surface area contributed by atoms with Crippen molar-refractivity contribution in [1.29, 1.82) is 0 Å². The Hall–Kier alpha value is -1.55. The Kier molecular flexibility index (Phi) is 6.05. The van der Waals surface area contributed by atoms with Crippen molar-refractivity contribution in [2.45, 2.75) is 16.5 Å². The molecule has 0 saturated heterocycles. The van der Waals surface area contributed by atoms with Crippen molar-refractivity contribution < 1.29 is 14.7 Å². The van der Waals surface area contributed by atoms with Gasteiger partial charge in [-0.1, -0.05) is 46.3 Å². The number of nitrogens with zero attached hydrogens (tertiary/aromatic N) is 2. The maximum absolute atomic E-state index is 11.8. The maximum atomic E-state index is 11.8. The molecule has 0 aliphatic heterocycles. The van der Waals surface area contributed by atoms with Crippen molar-refractivity contribution >= 4 is 69.1 Å². The van der Waals surface area contributed by atoms with Gasteiger partial charge in [-0.05, 0) is 25.1 Å². The molecule has 0 aliphatic rings. The first-order valence-corrected chi connectivity index (χ1v) is 8.54. The van der Waals surface area contributed by atoms with E-state index in [-0.39, 0.29) is 5.13 Å². The molecule has 0 bridgehead atoms. The molecule has 1 atom stereocenters. The Morgan fingerprint density at radius 1 is 1.26 bits per heavy atom. The number of amides is 2. The van der Waals surface area contributed by atoms with Crippen LogP contribution >= 0.6 is 46.3 Å². The van der Waals surface area contributed by atoms with E-state index in [4.69, 9.17) is 23.2 Å². The molecule has 1 aromatic carbocycles. The predicted octanol–water partition coefficient (Wildman–Crippen LogP) is 2.72. The molecule has 11 heteroatoms.